The normalized spacial score (nSPS) is 24.9. The number of ether oxygens (including phenoxy) is 1. The molecule has 2 fully saturated rings. The third kappa shape index (κ3) is 5.54. The molecule has 1 saturated carbocycles. The van der Waals surface area contributed by atoms with Gasteiger partial charge in [-0.2, -0.15) is 0 Å². The Labute approximate surface area is 187 Å². The van der Waals surface area contributed by atoms with Gasteiger partial charge in [0, 0.05) is 24.6 Å². The number of hydrogen-bond acceptors (Lipinski definition) is 6. The maximum absolute atomic E-state index is 13.1. The van der Waals surface area contributed by atoms with Crippen LogP contribution in [0.25, 0.3) is 0 Å². The first-order valence-electron chi connectivity index (χ1n) is 10.4. The van der Waals surface area contributed by atoms with E-state index in [-0.39, 0.29) is 33.8 Å². The lowest BCUT2D eigenvalue weighted by Crippen LogP contribution is -2.53. The highest BCUT2D eigenvalue weighted by atomic mass is 35.5. The Morgan fingerprint density at radius 3 is 2.58 bits per heavy atom. The number of nitrogens with one attached hydrogen (secondary N) is 1. The van der Waals surface area contributed by atoms with Crippen molar-refractivity contribution in [3.05, 3.63) is 33.3 Å². The van der Waals surface area contributed by atoms with Crippen molar-refractivity contribution in [1.29, 1.82) is 0 Å². The van der Waals surface area contributed by atoms with E-state index in [1.54, 1.807) is 0 Å². The second-order valence-electron chi connectivity index (χ2n) is 8.46. The van der Waals surface area contributed by atoms with Crippen LogP contribution in [0.5, 0.6) is 0 Å². The summed E-state index contributed by atoms with van der Waals surface area (Å²) >= 11 is 5.77. The average Bonchev–Trinajstić information content (AvgIpc) is 2.73. The van der Waals surface area contributed by atoms with Gasteiger partial charge in [-0.15, -0.1) is 0 Å². The van der Waals surface area contributed by atoms with Crippen molar-refractivity contribution in [2.24, 2.45) is 11.8 Å². The number of morpholine rings is 1. The molecule has 172 valence electrons. The molecular formula is C20H28ClN3O6S. The van der Waals surface area contributed by atoms with Gasteiger partial charge in [0.2, 0.25) is 15.9 Å². The van der Waals surface area contributed by atoms with Crippen LogP contribution in [0.15, 0.2) is 23.1 Å². The molecule has 1 aliphatic carbocycles. The highest BCUT2D eigenvalue weighted by molar-refractivity contribution is 7.89. The summed E-state index contributed by atoms with van der Waals surface area (Å²) in [6.45, 7) is 5.82. The maximum atomic E-state index is 13.1. The van der Waals surface area contributed by atoms with Crippen LogP contribution in [0.2, 0.25) is 5.02 Å². The Morgan fingerprint density at radius 2 is 1.97 bits per heavy atom. The van der Waals surface area contributed by atoms with Crippen molar-refractivity contribution in [3.8, 4) is 0 Å². The minimum absolute atomic E-state index is 0.0678. The third-order valence-corrected chi connectivity index (χ3v) is 7.88. The van der Waals surface area contributed by atoms with Crippen molar-refractivity contribution in [3.63, 3.8) is 0 Å². The van der Waals surface area contributed by atoms with Crippen LogP contribution < -0.4 is 4.72 Å². The summed E-state index contributed by atoms with van der Waals surface area (Å²) in [7, 11) is -3.94. The van der Waals surface area contributed by atoms with E-state index >= 15 is 0 Å². The molecule has 31 heavy (non-hydrogen) atoms. The van der Waals surface area contributed by atoms with E-state index in [1.165, 1.54) is 12.1 Å². The van der Waals surface area contributed by atoms with Gasteiger partial charge in [0.1, 0.15) is 5.02 Å². The molecule has 1 saturated heterocycles. The second kappa shape index (κ2) is 9.81. The summed E-state index contributed by atoms with van der Waals surface area (Å²) in [4.78, 5) is 25.1. The molecule has 11 heteroatoms. The van der Waals surface area contributed by atoms with Crippen LogP contribution in [0.3, 0.4) is 0 Å². The lowest BCUT2D eigenvalue weighted by molar-refractivity contribution is -0.384. The van der Waals surface area contributed by atoms with Gasteiger partial charge in [-0.3, -0.25) is 14.9 Å². The van der Waals surface area contributed by atoms with E-state index in [0.717, 1.165) is 6.07 Å². The average molecular weight is 474 g/mol. The second-order valence-corrected chi connectivity index (χ2v) is 10.6. The summed E-state index contributed by atoms with van der Waals surface area (Å²) in [6.07, 6.45) is 2.24. The molecule has 0 spiro atoms. The van der Waals surface area contributed by atoms with E-state index in [1.807, 2.05) is 4.90 Å². The van der Waals surface area contributed by atoms with Crippen molar-refractivity contribution in [2.75, 3.05) is 19.8 Å². The first-order valence-corrected chi connectivity index (χ1v) is 12.3. The van der Waals surface area contributed by atoms with Crippen LogP contribution in [-0.2, 0) is 19.6 Å². The standard InChI is InChI=1S/C20H28ClN3O6S/c1-13(2)19-12-30-10-9-23(19)20(25)14-3-5-15(6-4-14)22-31(28,29)16-7-8-17(21)18(11-16)24(26)27/h7-8,11,13-15,19,22H,3-6,9-10,12H2,1-2H3/t14?,15?,19-/m1/s1. The van der Waals surface area contributed by atoms with Gasteiger partial charge < -0.3 is 9.64 Å². The molecule has 1 aromatic carbocycles. The van der Waals surface area contributed by atoms with E-state index < -0.39 is 20.6 Å². The fourth-order valence-electron chi connectivity index (χ4n) is 4.23. The number of benzene rings is 1. The summed E-state index contributed by atoms with van der Waals surface area (Å²) in [5.74, 6) is 0.296. The summed E-state index contributed by atoms with van der Waals surface area (Å²) in [6, 6.07) is 3.16. The zero-order valence-electron chi connectivity index (χ0n) is 17.6. The van der Waals surface area contributed by atoms with Crippen molar-refractivity contribution in [2.45, 2.75) is 56.5 Å². The minimum atomic E-state index is -3.94. The van der Waals surface area contributed by atoms with E-state index in [9.17, 15) is 23.3 Å². The Hall–Kier alpha value is -1.75. The molecule has 1 N–H and O–H groups in total. The number of carbonyl (C=O) groups is 1. The van der Waals surface area contributed by atoms with Crippen LogP contribution >= 0.6 is 11.6 Å². The first kappa shape index (κ1) is 23.9. The summed E-state index contributed by atoms with van der Waals surface area (Å²) in [5, 5.41) is 10.9. The number of sulfonamides is 1. The molecule has 1 aliphatic heterocycles. The molecule has 3 rings (SSSR count). The van der Waals surface area contributed by atoms with E-state index in [0.29, 0.717) is 51.4 Å². The molecule has 0 bridgehead atoms. The molecule has 1 atom stereocenters. The minimum Gasteiger partial charge on any atom is -0.377 e. The molecule has 1 aromatic rings. The lowest BCUT2D eigenvalue weighted by Gasteiger charge is -2.41. The fourth-order valence-corrected chi connectivity index (χ4v) is 5.74. The zero-order chi connectivity index (χ0) is 22.8. The number of nitro groups is 1. The predicted molar refractivity (Wildman–Crippen MR) is 115 cm³/mol. The topological polar surface area (TPSA) is 119 Å². The Kier molecular flexibility index (Phi) is 7.56. The Morgan fingerprint density at radius 1 is 1.29 bits per heavy atom. The smallest absolute Gasteiger partial charge is 0.289 e. The molecule has 2 aliphatic rings. The molecule has 1 heterocycles. The highest BCUT2D eigenvalue weighted by Gasteiger charge is 2.36. The lowest BCUT2D eigenvalue weighted by atomic mass is 9.85. The summed E-state index contributed by atoms with van der Waals surface area (Å²) in [5.41, 5.74) is -0.455. The molecule has 9 nitrogen and oxygen atoms in total. The van der Waals surface area contributed by atoms with Crippen LogP contribution in [0, 0.1) is 22.0 Å². The van der Waals surface area contributed by atoms with Crippen LogP contribution in [0.4, 0.5) is 5.69 Å². The number of amides is 1. The molecular weight excluding hydrogens is 446 g/mol. The number of rotatable bonds is 6. The Balaban J connectivity index is 1.61. The van der Waals surface area contributed by atoms with Gasteiger partial charge >= 0.3 is 0 Å². The van der Waals surface area contributed by atoms with Gasteiger partial charge in [0.05, 0.1) is 29.1 Å². The summed E-state index contributed by atoms with van der Waals surface area (Å²) < 4.78 is 33.6. The number of nitrogens with zero attached hydrogens (tertiary/aromatic N) is 2. The van der Waals surface area contributed by atoms with Gasteiger partial charge in [-0.1, -0.05) is 25.4 Å². The molecule has 0 aromatic heterocycles. The number of carbonyl (C=O) groups excluding carboxylic acids is 1. The van der Waals surface area contributed by atoms with Crippen molar-refractivity contribution < 1.29 is 22.9 Å². The van der Waals surface area contributed by atoms with E-state index in [2.05, 4.69) is 18.6 Å². The zero-order valence-corrected chi connectivity index (χ0v) is 19.2. The molecule has 0 unspecified atom stereocenters. The molecule has 0 radical (unpaired) electrons. The van der Waals surface area contributed by atoms with Crippen molar-refractivity contribution in [1.82, 2.24) is 9.62 Å². The third-order valence-electron chi connectivity index (χ3n) is 6.04. The maximum Gasteiger partial charge on any atom is 0.289 e. The largest absolute Gasteiger partial charge is 0.377 e. The predicted octanol–water partition coefficient (Wildman–Crippen LogP) is 2.97. The highest BCUT2D eigenvalue weighted by Crippen LogP contribution is 2.31. The monoisotopic (exact) mass is 473 g/mol. The number of halogens is 1. The SMILES string of the molecule is CC(C)[C@H]1COCCN1C(=O)C1CCC(NS(=O)(=O)c2ccc(Cl)c([N+](=O)[O-])c2)CC1. The van der Waals surface area contributed by atoms with Gasteiger partial charge in [0.25, 0.3) is 5.69 Å². The van der Waals surface area contributed by atoms with Gasteiger partial charge in [-0.25, -0.2) is 13.1 Å². The first-order chi connectivity index (χ1) is 14.6. The fraction of sp³-hybridized carbons (Fsp3) is 0.650. The van der Waals surface area contributed by atoms with Gasteiger partial charge in [0.15, 0.2) is 0 Å². The van der Waals surface area contributed by atoms with Gasteiger partial charge in [-0.05, 0) is 43.7 Å². The Bertz CT molecular complexity index is 931. The number of nitro benzene ring substituents is 1. The van der Waals surface area contributed by atoms with Crippen molar-refractivity contribution >= 4 is 33.2 Å². The quantitative estimate of drug-likeness (QED) is 0.501. The van der Waals surface area contributed by atoms with Crippen LogP contribution in [-0.4, -0.2) is 56.0 Å². The van der Waals surface area contributed by atoms with Crippen LogP contribution in [0.1, 0.15) is 39.5 Å². The number of hydrogen-bond donors (Lipinski definition) is 1. The molecule has 1 amide bonds. The van der Waals surface area contributed by atoms with E-state index in [4.69, 9.17) is 16.3 Å².